The van der Waals surface area contributed by atoms with Gasteiger partial charge in [-0.05, 0) is 29.3 Å². The number of thiophene rings is 1. The van der Waals surface area contributed by atoms with Gasteiger partial charge in [0.05, 0.1) is 6.04 Å². The minimum atomic E-state index is -4.56. The van der Waals surface area contributed by atoms with Crippen molar-refractivity contribution in [2.75, 3.05) is 10.7 Å². The van der Waals surface area contributed by atoms with E-state index in [1.165, 1.54) is 11.3 Å². The molecular weight excluding hydrogens is 291 g/mol. The van der Waals surface area contributed by atoms with Crippen LogP contribution in [0.15, 0.2) is 22.9 Å². The molecule has 0 bridgehead atoms. The Kier molecular flexibility index (Phi) is 4.09. The normalized spacial score (nSPS) is 13.1. The van der Waals surface area contributed by atoms with Crippen molar-refractivity contribution < 1.29 is 13.2 Å². The zero-order chi connectivity index (χ0) is 14.8. The van der Waals surface area contributed by atoms with Gasteiger partial charge in [-0.3, -0.25) is 5.43 Å². The van der Waals surface area contributed by atoms with Gasteiger partial charge in [-0.25, -0.2) is 10.8 Å². The summed E-state index contributed by atoms with van der Waals surface area (Å²) >= 11 is 1.51. The van der Waals surface area contributed by atoms with Gasteiger partial charge in [0.25, 0.3) is 0 Å². The third-order valence-corrected chi connectivity index (χ3v) is 3.25. The molecule has 0 radical (unpaired) electrons. The highest BCUT2D eigenvalue weighted by atomic mass is 32.1. The molecule has 1 unspecified atom stereocenters. The smallest absolute Gasteiger partial charge is 0.363 e. The highest BCUT2D eigenvalue weighted by molar-refractivity contribution is 7.07. The number of alkyl halides is 3. The molecule has 2 heterocycles. The second-order valence-corrected chi connectivity index (χ2v) is 4.81. The molecule has 0 fully saturated rings. The molecule has 0 amide bonds. The summed E-state index contributed by atoms with van der Waals surface area (Å²) in [7, 11) is 0. The van der Waals surface area contributed by atoms with Crippen LogP contribution in [0, 0.1) is 0 Å². The summed E-state index contributed by atoms with van der Waals surface area (Å²) in [6.45, 7) is 1.83. The monoisotopic (exact) mass is 303 g/mol. The van der Waals surface area contributed by atoms with E-state index in [0.717, 1.165) is 11.6 Å². The molecule has 0 aromatic carbocycles. The molecule has 0 aliphatic rings. The Bertz CT molecular complexity index is 570. The summed E-state index contributed by atoms with van der Waals surface area (Å²) in [6.07, 6.45) is -4.56. The molecule has 4 N–H and O–H groups in total. The number of nitrogens with one attached hydrogen (secondary N) is 2. The molecule has 2 aromatic rings. The van der Waals surface area contributed by atoms with E-state index in [4.69, 9.17) is 5.84 Å². The first-order valence-corrected chi connectivity index (χ1v) is 6.56. The lowest BCUT2D eigenvalue weighted by Crippen LogP contribution is -2.17. The first-order valence-electron chi connectivity index (χ1n) is 5.61. The van der Waals surface area contributed by atoms with Crippen molar-refractivity contribution >= 4 is 23.1 Å². The summed E-state index contributed by atoms with van der Waals surface area (Å²) in [5.74, 6) is 4.85. The van der Waals surface area contributed by atoms with Gasteiger partial charge in [-0.1, -0.05) is 0 Å². The highest BCUT2D eigenvalue weighted by Crippen LogP contribution is 2.30. The van der Waals surface area contributed by atoms with Crippen LogP contribution >= 0.6 is 11.3 Å². The van der Waals surface area contributed by atoms with Crippen molar-refractivity contribution in [2.24, 2.45) is 5.84 Å². The fourth-order valence-electron chi connectivity index (χ4n) is 1.56. The van der Waals surface area contributed by atoms with E-state index in [0.29, 0.717) is 0 Å². The summed E-state index contributed by atoms with van der Waals surface area (Å²) in [5.41, 5.74) is 1.94. The molecule has 0 spiro atoms. The summed E-state index contributed by atoms with van der Waals surface area (Å²) in [5, 5.41) is 6.69. The molecular formula is C11H12F3N5S. The van der Waals surface area contributed by atoms with Crippen LogP contribution in [0.4, 0.5) is 24.9 Å². The van der Waals surface area contributed by atoms with Gasteiger partial charge in [-0.15, -0.1) is 0 Å². The van der Waals surface area contributed by atoms with Crippen molar-refractivity contribution in [2.45, 2.75) is 19.1 Å². The Morgan fingerprint density at radius 1 is 1.35 bits per heavy atom. The van der Waals surface area contributed by atoms with E-state index >= 15 is 0 Å². The lowest BCUT2D eigenvalue weighted by atomic mass is 10.2. The zero-order valence-corrected chi connectivity index (χ0v) is 11.2. The molecule has 9 heteroatoms. The Balaban J connectivity index is 2.27. The second-order valence-electron chi connectivity index (χ2n) is 4.03. The standard InChI is InChI=1S/C11H12F3N5S/c1-6(7-2-3-20-5-7)16-9-4-8(11(12,13)14)17-10(18-9)19-15/h2-6H,15H2,1H3,(H2,16,17,18,19). The third kappa shape index (κ3) is 3.36. The largest absolute Gasteiger partial charge is 0.433 e. The predicted molar refractivity (Wildman–Crippen MR) is 71.2 cm³/mol. The van der Waals surface area contributed by atoms with Gasteiger partial charge in [0, 0.05) is 6.07 Å². The number of hydrogen-bond acceptors (Lipinski definition) is 6. The minimum Gasteiger partial charge on any atom is -0.363 e. The first-order chi connectivity index (χ1) is 9.40. The number of nitrogens with zero attached hydrogens (tertiary/aromatic N) is 2. The molecule has 108 valence electrons. The number of nitrogen functional groups attached to an aromatic ring is 1. The molecule has 0 aliphatic carbocycles. The minimum absolute atomic E-state index is 0.0546. The fraction of sp³-hybridized carbons (Fsp3) is 0.273. The van der Waals surface area contributed by atoms with Crippen LogP contribution in [0.5, 0.6) is 0 Å². The SMILES string of the molecule is CC(Nc1cc(C(F)(F)F)nc(NN)n1)c1ccsc1. The maximum absolute atomic E-state index is 12.7. The van der Waals surface area contributed by atoms with Crippen LogP contribution < -0.4 is 16.6 Å². The van der Waals surface area contributed by atoms with E-state index in [9.17, 15) is 13.2 Å². The topological polar surface area (TPSA) is 75.9 Å². The van der Waals surface area contributed by atoms with E-state index in [1.807, 2.05) is 29.2 Å². The van der Waals surface area contributed by atoms with Crippen LogP contribution in [0.25, 0.3) is 0 Å². The Hall–Kier alpha value is -1.87. The average molecular weight is 303 g/mol. The van der Waals surface area contributed by atoms with Gasteiger partial charge in [0.1, 0.15) is 5.82 Å². The van der Waals surface area contributed by atoms with E-state index in [2.05, 4.69) is 15.3 Å². The first kappa shape index (κ1) is 14.5. The number of rotatable bonds is 4. The number of anilines is 2. The van der Waals surface area contributed by atoms with Crippen LogP contribution in [-0.2, 0) is 6.18 Å². The van der Waals surface area contributed by atoms with Crippen molar-refractivity contribution in [1.29, 1.82) is 0 Å². The fourth-order valence-corrected chi connectivity index (χ4v) is 2.31. The van der Waals surface area contributed by atoms with Gasteiger partial charge in [0.2, 0.25) is 5.95 Å². The lowest BCUT2D eigenvalue weighted by Gasteiger charge is -2.15. The second kappa shape index (κ2) is 5.63. The quantitative estimate of drug-likeness (QED) is 0.598. The molecule has 2 aromatic heterocycles. The summed E-state index contributed by atoms with van der Waals surface area (Å²) < 4.78 is 38.1. The van der Waals surface area contributed by atoms with Crippen molar-refractivity contribution in [3.05, 3.63) is 34.2 Å². The van der Waals surface area contributed by atoms with E-state index in [-0.39, 0.29) is 17.8 Å². The Morgan fingerprint density at radius 3 is 2.65 bits per heavy atom. The average Bonchev–Trinajstić information content (AvgIpc) is 2.91. The van der Waals surface area contributed by atoms with Crippen molar-refractivity contribution in [1.82, 2.24) is 9.97 Å². The number of nitrogens with two attached hydrogens (primary N) is 1. The Morgan fingerprint density at radius 2 is 2.10 bits per heavy atom. The molecule has 5 nitrogen and oxygen atoms in total. The molecule has 0 aliphatic heterocycles. The Labute approximate surface area is 117 Å². The van der Waals surface area contributed by atoms with E-state index < -0.39 is 11.9 Å². The van der Waals surface area contributed by atoms with Crippen LogP contribution in [0.1, 0.15) is 24.2 Å². The highest BCUT2D eigenvalue weighted by Gasteiger charge is 2.33. The van der Waals surface area contributed by atoms with Crippen molar-refractivity contribution in [3.63, 3.8) is 0 Å². The van der Waals surface area contributed by atoms with Gasteiger partial charge < -0.3 is 5.32 Å². The van der Waals surface area contributed by atoms with Crippen LogP contribution in [0.2, 0.25) is 0 Å². The zero-order valence-electron chi connectivity index (χ0n) is 10.4. The number of hydrazine groups is 1. The molecule has 1 atom stereocenters. The number of hydrogen-bond donors (Lipinski definition) is 3. The third-order valence-electron chi connectivity index (χ3n) is 2.55. The van der Waals surface area contributed by atoms with Gasteiger partial charge >= 0.3 is 6.18 Å². The van der Waals surface area contributed by atoms with Crippen LogP contribution in [-0.4, -0.2) is 9.97 Å². The van der Waals surface area contributed by atoms with E-state index in [1.54, 1.807) is 0 Å². The van der Waals surface area contributed by atoms with Gasteiger partial charge in [0.15, 0.2) is 5.69 Å². The molecule has 0 saturated heterocycles. The number of aromatic nitrogens is 2. The maximum Gasteiger partial charge on any atom is 0.433 e. The lowest BCUT2D eigenvalue weighted by molar-refractivity contribution is -0.141. The van der Waals surface area contributed by atoms with Crippen LogP contribution in [0.3, 0.4) is 0 Å². The maximum atomic E-state index is 12.7. The molecule has 20 heavy (non-hydrogen) atoms. The van der Waals surface area contributed by atoms with Crippen molar-refractivity contribution in [3.8, 4) is 0 Å². The molecule has 0 saturated carbocycles. The number of halogens is 3. The summed E-state index contributed by atoms with van der Waals surface area (Å²) in [4.78, 5) is 7.14. The summed E-state index contributed by atoms with van der Waals surface area (Å²) in [6, 6.07) is 2.56. The molecule has 2 rings (SSSR count). The predicted octanol–water partition coefficient (Wildman–Crippen LogP) is 3.02. The van der Waals surface area contributed by atoms with Gasteiger partial charge in [-0.2, -0.15) is 29.5 Å².